The minimum atomic E-state index is 0.902. The van der Waals surface area contributed by atoms with Crippen molar-refractivity contribution >= 4 is 16.3 Å². The van der Waals surface area contributed by atoms with Crippen LogP contribution in [0.25, 0.3) is 16.3 Å². The largest absolute Gasteiger partial charge is 0.497 e. The molecular weight excluding hydrogens is 268 g/mol. The van der Waals surface area contributed by atoms with Gasteiger partial charge in [0.2, 0.25) is 0 Å². The van der Waals surface area contributed by atoms with Crippen LogP contribution in [0.4, 0.5) is 0 Å². The van der Waals surface area contributed by atoms with Gasteiger partial charge in [-0.25, -0.2) is 0 Å². The first kappa shape index (κ1) is 14.4. The Morgan fingerprint density at radius 2 is 1.64 bits per heavy atom. The predicted molar refractivity (Wildman–Crippen MR) is 94.3 cm³/mol. The number of methoxy groups -OCH3 is 1. The molecule has 0 saturated heterocycles. The number of hydrogen-bond acceptors (Lipinski definition) is 1. The Balaban J connectivity index is 1.79. The van der Waals surface area contributed by atoms with E-state index in [4.69, 9.17) is 4.74 Å². The summed E-state index contributed by atoms with van der Waals surface area (Å²) in [6, 6.07) is 23.4. The zero-order valence-corrected chi connectivity index (χ0v) is 13.0. The van der Waals surface area contributed by atoms with Gasteiger partial charge in [0.25, 0.3) is 0 Å². The van der Waals surface area contributed by atoms with Crippen LogP contribution in [0, 0.1) is 0 Å². The number of rotatable bonds is 4. The van der Waals surface area contributed by atoms with Gasteiger partial charge in [-0.3, -0.25) is 0 Å². The van der Waals surface area contributed by atoms with Gasteiger partial charge in [-0.2, -0.15) is 0 Å². The van der Waals surface area contributed by atoms with Gasteiger partial charge < -0.3 is 4.74 Å². The zero-order chi connectivity index (χ0) is 15.4. The lowest BCUT2D eigenvalue weighted by Gasteiger charge is -2.05. The lowest BCUT2D eigenvalue weighted by molar-refractivity contribution is 0.414. The molecule has 1 heteroatoms. The van der Waals surface area contributed by atoms with Crippen molar-refractivity contribution in [2.75, 3.05) is 7.11 Å². The first-order valence-corrected chi connectivity index (χ1v) is 7.55. The Morgan fingerprint density at radius 1 is 0.909 bits per heavy atom. The third kappa shape index (κ3) is 3.20. The van der Waals surface area contributed by atoms with Crippen molar-refractivity contribution in [3.63, 3.8) is 0 Å². The molecule has 0 radical (unpaired) electrons. The second-order valence-electron chi connectivity index (χ2n) is 5.50. The molecule has 0 aliphatic heterocycles. The Labute approximate surface area is 131 Å². The molecule has 0 spiro atoms. The first-order valence-electron chi connectivity index (χ1n) is 7.55. The van der Waals surface area contributed by atoms with Crippen molar-refractivity contribution < 1.29 is 4.74 Å². The summed E-state index contributed by atoms with van der Waals surface area (Å²) < 4.78 is 5.19. The van der Waals surface area contributed by atoms with Gasteiger partial charge in [-0.1, -0.05) is 54.6 Å². The highest BCUT2D eigenvalue weighted by molar-refractivity contribution is 5.86. The summed E-state index contributed by atoms with van der Waals surface area (Å²) >= 11 is 0. The number of benzene rings is 3. The van der Waals surface area contributed by atoms with Gasteiger partial charge in [0.05, 0.1) is 7.11 Å². The van der Waals surface area contributed by atoms with Crippen LogP contribution < -0.4 is 4.74 Å². The fourth-order valence-corrected chi connectivity index (χ4v) is 2.59. The third-order valence-corrected chi connectivity index (χ3v) is 4.01. The van der Waals surface area contributed by atoms with E-state index in [-0.39, 0.29) is 0 Å². The molecule has 3 aromatic rings. The molecule has 110 valence electrons. The Bertz CT molecular complexity index is 798. The highest BCUT2D eigenvalue weighted by Gasteiger charge is 1.99. The van der Waals surface area contributed by atoms with Crippen molar-refractivity contribution in [3.8, 4) is 5.75 Å². The molecule has 0 fully saturated rings. The van der Waals surface area contributed by atoms with Crippen molar-refractivity contribution in [2.45, 2.75) is 13.3 Å². The number of allylic oxidation sites excluding steroid dienone is 2. The van der Waals surface area contributed by atoms with Gasteiger partial charge in [-0.15, -0.1) is 0 Å². The summed E-state index contributed by atoms with van der Waals surface area (Å²) in [7, 11) is 1.69. The van der Waals surface area contributed by atoms with E-state index < -0.39 is 0 Å². The molecular formula is C21H20O. The first-order chi connectivity index (χ1) is 10.8. The van der Waals surface area contributed by atoms with E-state index in [1.165, 1.54) is 27.5 Å². The quantitative estimate of drug-likeness (QED) is 0.616. The monoisotopic (exact) mass is 288 g/mol. The molecule has 0 unspecified atom stereocenters. The van der Waals surface area contributed by atoms with E-state index in [2.05, 4.69) is 67.6 Å². The van der Waals surface area contributed by atoms with Crippen LogP contribution in [-0.4, -0.2) is 7.11 Å². The Kier molecular flexibility index (Phi) is 4.24. The molecule has 0 N–H and O–H groups in total. The van der Waals surface area contributed by atoms with Gasteiger partial charge >= 0.3 is 0 Å². The molecule has 0 aromatic heterocycles. The van der Waals surface area contributed by atoms with Gasteiger partial charge in [0.1, 0.15) is 5.75 Å². The van der Waals surface area contributed by atoms with Crippen molar-refractivity contribution in [2.24, 2.45) is 0 Å². The molecule has 0 aliphatic carbocycles. The van der Waals surface area contributed by atoms with E-state index >= 15 is 0 Å². The van der Waals surface area contributed by atoms with Crippen molar-refractivity contribution in [1.29, 1.82) is 0 Å². The SMILES string of the molecule is COc1ccc(CC=C(C)c2ccc3ccccc3c2)cc1. The minimum absolute atomic E-state index is 0.902. The van der Waals surface area contributed by atoms with Gasteiger partial charge in [0, 0.05) is 0 Å². The summed E-state index contributed by atoms with van der Waals surface area (Å²) in [5.41, 5.74) is 3.88. The molecule has 0 saturated carbocycles. The van der Waals surface area contributed by atoms with Crippen LogP contribution in [0.15, 0.2) is 72.8 Å². The average molecular weight is 288 g/mol. The van der Waals surface area contributed by atoms with Crippen LogP contribution in [0.5, 0.6) is 5.75 Å². The van der Waals surface area contributed by atoms with Gasteiger partial charge in [0.15, 0.2) is 0 Å². The molecule has 3 aromatic carbocycles. The summed E-state index contributed by atoms with van der Waals surface area (Å²) in [4.78, 5) is 0. The molecule has 0 aliphatic rings. The van der Waals surface area contributed by atoms with E-state index in [0.717, 1.165) is 12.2 Å². The van der Waals surface area contributed by atoms with Crippen LogP contribution in [0.1, 0.15) is 18.1 Å². The fourth-order valence-electron chi connectivity index (χ4n) is 2.59. The highest BCUT2D eigenvalue weighted by atomic mass is 16.5. The van der Waals surface area contributed by atoms with Crippen LogP contribution in [0.2, 0.25) is 0 Å². The van der Waals surface area contributed by atoms with Crippen molar-refractivity contribution in [3.05, 3.63) is 83.9 Å². The second kappa shape index (κ2) is 6.48. The maximum absolute atomic E-state index is 5.19. The highest BCUT2D eigenvalue weighted by Crippen LogP contribution is 2.21. The number of hydrogen-bond donors (Lipinski definition) is 0. The lowest BCUT2D eigenvalue weighted by Crippen LogP contribution is -1.86. The van der Waals surface area contributed by atoms with Crippen LogP contribution in [-0.2, 0) is 6.42 Å². The maximum atomic E-state index is 5.19. The molecule has 0 atom stereocenters. The van der Waals surface area contributed by atoms with E-state index in [9.17, 15) is 0 Å². The zero-order valence-electron chi connectivity index (χ0n) is 13.0. The summed E-state index contributed by atoms with van der Waals surface area (Å²) in [5, 5.41) is 2.58. The Hall–Kier alpha value is -2.54. The molecule has 3 rings (SSSR count). The predicted octanol–water partition coefficient (Wildman–Crippen LogP) is 5.49. The molecule has 0 heterocycles. The van der Waals surface area contributed by atoms with Crippen LogP contribution >= 0.6 is 0 Å². The lowest BCUT2D eigenvalue weighted by atomic mass is 10.0. The summed E-state index contributed by atoms with van der Waals surface area (Å²) in [5.74, 6) is 0.902. The van der Waals surface area contributed by atoms with Crippen molar-refractivity contribution in [1.82, 2.24) is 0 Å². The Morgan fingerprint density at radius 3 is 2.36 bits per heavy atom. The average Bonchev–Trinajstić information content (AvgIpc) is 2.59. The van der Waals surface area contributed by atoms with Gasteiger partial charge in [-0.05, 0) is 59.0 Å². The topological polar surface area (TPSA) is 9.23 Å². The van der Waals surface area contributed by atoms with E-state index in [0.29, 0.717) is 0 Å². The molecule has 0 bridgehead atoms. The molecule has 0 amide bonds. The summed E-state index contributed by atoms with van der Waals surface area (Å²) in [6.45, 7) is 2.17. The van der Waals surface area contributed by atoms with E-state index in [1.54, 1.807) is 7.11 Å². The minimum Gasteiger partial charge on any atom is -0.497 e. The number of fused-ring (bicyclic) bond motifs is 1. The van der Waals surface area contributed by atoms with Crippen LogP contribution in [0.3, 0.4) is 0 Å². The smallest absolute Gasteiger partial charge is 0.118 e. The standard InChI is InChI=1S/C21H20O/c1-16(7-8-17-9-13-21(22-2)14-10-17)19-12-11-18-5-3-4-6-20(18)15-19/h3-7,9-15H,8H2,1-2H3. The molecule has 1 nitrogen and oxygen atoms in total. The third-order valence-electron chi connectivity index (χ3n) is 4.01. The fraction of sp³-hybridized carbons (Fsp3) is 0.143. The second-order valence-corrected chi connectivity index (χ2v) is 5.50. The maximum Gasteiger partial charge on any atom is 0.118 e. The van der Waals surface area contributed by atoms with E-state index in [1.807, 2.05) is 12.1 Å². The summed E-state index contributed by atoms with van der Waals surface area (Å²) in [6.07, 6.45) is 3.22. The normalized spacial score (nSPS) is 11.6. The number of ether oxygens (including phenoxy) is 1. The molecule has 22 heavy (non-hydrogen) atoms.